The zero-order valence-corrected chi connectivity index (χ0v) is 20.9. The highest BCUT2D eigenvalue weighted by Gasteiger charge is 2.40. The maximum Gasteiger partial charge on any atom is 0.243 e. The van der Waals surface area contributed by atoms with E-state index in [0.717, 1.165) is 49.7 Å². The lowest BCUT2D eigenvalue weighted by atomic mass is 9.75. The van der Waals surface area contributed by atoms with E-state index in [4.69, 9.17) is 15.2 Å². The lowest BCUT2D eigenvalue weighted by Crippen LogP contribution is -2.56. The van der Waals surface area contributed by atoms with E-state index in [1.165, 1.54) is 6.42 Å². The number of benzene rings is 1. The quantitative estimate of drug-likeness (QED) is 0.603. The average Bonchev–Trinajstić information content (AvgIpc) is 2.84. The van der Waals surface area contributed by atoms with E-state index in [-0.39, 0.29) is 23.7 Å². The Kier molecular flexibility index (Phi) is 8.80. The highest BCUT2D eigenvalue weighted by atomic mass is 16.5. The van der Waals surface area contributed by atoms with Crippen molar-refractivity contribution in [1.29, 1.82) is 0 Å². The van der Waals surface area contributed by atoms with E-state index < -0.39 is 18.0 Å². The standard InChI is InChI=1S/C26H39N3O5/c1-16-14-19(15-21(33-3)23(16)34-4)22(18-10-6-5-7-11-18)26(32)29-13-9-8-12-20(29)25(31)28-17(2)24(27)30/h14-15,17-18,20,22H,5-13H2,1-4H3,(H2,27,30)(H,28,31)/t17-,20-,22-/m0/s1. The molecule has 1 heterocycles. The monoisotopic (exact) mass is 473 g/mol. The van der Waals surface area contributed by atoms with E-state index in [1.807, 2.05) is 19.1 Å². The van der Waals surface area contributed by atoms with Crippen LogP contribution >= 0.6 is 0 Å². The summed E-state index contributed by atoms with van der Waals surface area (Å²) >= 11 is 0. The first-order valence-corrected chi connectivity index (χ1v) is 12.4. The summed E-state index contributed by atoms with van der Waals surface area (Å²) in [5, 5.41) is 2.69. The number of amides is 3. The van der Waals surface area contributed by atoms with Gasteiger partial charge in [-0.05, 0) is 69.1 Å². The third-order valence-corrected chi connectivity index (χ3v) is 7.31. The Morgan fingerprint density at radius 2 is 1.71 bits per heavy atom. The molecule has 1 saturated carbocycles. The predicted molar refractivity (Wildman–Crippen MR) is 130 cm³/mol. The maximum atomic E-state index is 14.2. The number of methoxy groups -OCH3 is 2. The molecule has 1 aromatic carbocycles. The summed E-state index contributed by atoms with van der Waals surface area (Å²) in [6.07, 6.45) is 7.62. The second-order valence-electron chi connectivity index (χ2n) is 9.62. The van der Waals surface area contributed by atoms with Crippen molar-refractivity contribution in [1.82, 2.24) is 10.2 Å². The van der Waals surface area contributed by atoms with E-state index in [2.05, 4.69) is 5.32 Å². The maximum absolute atomic E-state index is 14.2. The van der Waals surface area contributed by atoms with E-state index >= 15 is 0 Å². The van der Waals surface area contributed by atoms with Gasteiger partial charge in [-0.15, -0.1) is 0 Å². The molecular formula is C26H39N3O5. The summed E-state index contributed by atoms with van der Waals surface area (Å²) < 4.78 is 11.1. The highest BCUT2D eigenvalue weighted by molar-refractivity contribution is 5.93. The van der Waals surface area contributed by atoms with Gasteiger partial charge in [0.25, 0.3) is 0 Å². The first kappa shape index (κ1) is 25.8. The highest BCUT2D eigenvalue weighted by Crippen LogP contribution is 2.42. The molecule has 0 spiro atoms. The fourth-order valence-corrected chi connectivity index (χ4v) is 5.47. The van der Waals surface area contributed by atoms with Crippen LogP contribution in [0.5, 0.6) is 11.5 Å². The van der Waals surface area contributed by atoms with Gasteiger partial charge in [-0.25, -0.2) is 0 Å². The van der Waals surface area contributed by atoms with E-state index in [9.17, 15) is 14.4 Å². The summed E-state index contributed by atoms with van der Waals surface area (Å²) in [6, 6.07) is 2.55. The van der Waals surface area contributed by atoms with Gasteiger partial charge in [-0.2, -0.15) is 0 Å². The summed E-state index contributed by atoms with van der Waals surface area (Å²) in [7, 11) is 3.21. The van der Waals surface area contributed by atoms with Gasteiger partial charge in [0.15, 0.2) is 11.5 Å². The number of primary amides is 1. The molecule has 34 heavy (non-hydrogen) atoms. The number of rotatable bonds is 8. The van der Waals surface area contributed by atoms with Gasteiger partial charge in [0.1, 0.15) is 12.1 Å². The minimum absolute atomic E-state index is 0.0231. The topological polar surface area (TPSA) is 111 Å². The van der Waals surface area contributed by atoms with Gasteiger partial charge in [-0.3, -0.25) is 14.4 Å². The van der Waals surface area contributed by atoms with Crippen molar-refractivity contribution in [2.24, 2.45) is 11.7 Å². The summed E-state index contributed by atoms with van der Waals surface area (Å²) in [5.41, 5.74) is 7.15. The molecule has 2 aliphatic rings. The normalized spacial score (nSPS) is 20.8. The molecule has 0 unspecified atom stereocenters. The van der Waals surface area contributed by atoms with Crippen molar-refractivity contribution in [2.75, 3.05) is 20.8 Å². The van der Waals surface area contributed by atoms with Crippen LogP contribution < -0.4 is 20.5 Å². The number of piperidine rings is 1. The molecule has 0 radical (unpaired) electrons. The van der Waals surface area contributed by atoms with Crippen molar-refractivity contribution >= 4 is 17.7 Å². The molecule has 3 amide bonds. The van der Waals surface area contributed by atoms with Gasteiger partial charge in [0.2, 0.25) is 17.7 Å². The number of hydrogen-bond acceptors (Lipinski definition) is 5. The SMILES string of the molecule is COc1cc([C@@H](C(=O)N2CCCC[C@H]2C(=O)N[C@@H](C)C(N)=O)C2CCCCC2)cc(C)c1OC. The van der Waals surface area contributed by atoms with Crippen molar-refractivity contribution in [3.8, 4) is 11.5 Å². The first-order chi connectivity index (χ1) is 16.3. The molecular weight excluding hydrogens is 434 g/mol. The van der Waals surface area contributed by atoms with Crippen molar-refractivity contribution < 1.29 is 23.9 Å². The predicted octanol–water partition coefficient (Wildman–Crippen LogP) is 3.05. The number of aryl methyl sites for hydroxylation is 1. The van der Waals surface area contributed by atoms with Crippen LogP contribution in [0.15, 0.2) is 12.1 Å². The molecule has 1 aromatic rings. The summed E-state index contributed by atoms with van der Waals surface area (Å²) in [4.78, 5) is 40.4. The van der Waals surface area contributed by atoms with Crippen LogP contribution in [-0.2, 0) is 14.4 Å². The van der Waals surface area contributed by atoms with Crippen LogP contribution in [0, 0.1) is 12.8 Å². The molecule has 1 aliphatic heterocycles. The molecule has 1 saturated heterocycles. The summed E-state index contributed by atoms with van der Waals surface area (Å²) in [5.74, 6) is 0.180. The minimum atomic E-state index is -0.783. The van der Waals surface area contributed by atoms with Crippen LogP contribution in [0.25, 0.3) is 0 Å². The number of nitrogens with zero attached hydrogens (tertiary/aromatic N) is 1. The molecule has 8 nitrogen and oxygen atoms in total. The molecule has 188 valence electrons. The van der Waals surface area contributed by atoms with Crippen LogP contribution in [0.3, 0.4) is 0 Å². The van der Waals surface area contributed by atoms with Gasteiger partial charge >= 0.3 is 0 Å². The Bertz CT molecular complexity index is 897. The van der Waals surface area contributed by atoms with Crippen molar-refractivity contribution in [2.45, 2.75) is 83.2 Å². The molecule has 3 N–H and O–H groups in total. The fourth-order valence-electron chi connectivity index (χ4n) is 5.47. The number of carbonyl (C=O) groups is 3. The number of nitrogens with one attached hydrogen (secondary N) is 1. The van der Waals surface area contributed by atoms with Crippen LogP contribution in [0.1, 0.15) is 75.3 Å². The van der Waals surface area contributed by atoms with Crippen LogP contribution in [0.4, 0.5) is 0 Å². The zero-order chi connectivity index (χ0) is 24.8. The van der Waals surface area contributed by atoms with E-state index in [1.54, 1.807) is 26.0 Å². The average molecular weight is 474 g/mol. The Morgan fingerprint density at radius 3 is 2.32 bits per heavy atom. The largest absolute Gasteiger partial charge is 0.493 e. The molecule has 8 heteroatoms. The van der Waals surface area contributed by atoms with Crippen LogP contribution in [0.2, 0.25) is 0 Å². The van der Waals surface area contributed by atoms with Gasteiger partial charge in [0, 0.05) is 6.54 Å². The smallest absolute Gasteiger partial charge is 0.243 e. The second kappa shape index (κ2) is 11.6. The molecule has 1 aliphatic carbocycles. The zero-order valence-electron chi connectivity index (χ0n) is 20.9. The first-order valence-electron chi connectivity index (χ1n) is 12.4. The molecule has 3 rings (SSSR count). The van der Waals surface area contributed by atoms with Gasteiger partial charge in [-0.1, -0.05) is 25.3 Å². The molecule has 0 bridgehead atoms. The van der Waals surface area contributed by atoms with Crippen LogP contribution in [-0.4, -0.2) is 55.5 Å². The Balaban J connectivity index is 1.97. The molecule has 3 atom stereocenters. The number of nitrogens with two attached hydrogens (primary N) is 1. The number of carbonyl (C=O) groups excluding carboxylic acids is 3. The van der Waals surface area contributed by atoms with Crippen molar-refractivity contribution in [3.63, 3.8) is 0 Å². The Labute approximate surface area is 202 Å². The molecule has 2 fully saturated rings. The van der Waals surface area contributed by atoms with Gasteiger partial charge in [0.05, 0.1) is 20.1 Å². The number of likely N-dealkylation sites (tertiary alicyclic amines) is 1. The van der Waals surface area contributed by atoms with Crippen molar-refractivity contribution in [3.05, 3.63) is 23.3 Å². The molecule has 0 aromatic heterocycles. The summed E-state index contributed by atoms with van der Waals surface area (Å²) in [6.45, 7) is 4.04. The second-order valence-corrected chi connectivity index (χ2v) is 9.62. The third kappa shape index (κ3) is 5.65. The minimum Gasteiger partial charge on any atom is -0.493 e. The third-order valence-electron chi connectivity index (χ3n) is 7.31. The lowest BCUT2D eigenvalue weighted by Gasteiger charge is -2.40. The lowest BCUT2D eigenvalue weighted by molar-refractivity contribution is -0.145. The Morgan fingerprint density at radius 1 is 1.03 bits per heavy atom. The van der Waals surface area contributed by atoms with E-state index in [0.29, 0.717) is 24.5 Å². The Hall–Kier alpha value is -2.77. The number of hydrogen-bond donors (Lipinski definition) is 2. The fraction of sp³-hybridized carbons (Fsp3) is 0.654. The van der Waals surface area contributed by atoms with Gasteiger partial charge < -0.3 is 25.4 Å². The number of ether oxygens (including phenoxy) is 2.